The number of fused-ring (bicyclic) bond motifs is 2. The molecule has 0 saturated carbocycles. The summed E-state index contributed by atoms with van der Waals surface area (Å²) < 4.78 is 41.2. The second-order valence-corrected chi connectivity index (χ2v) is 10.0. The number of alkyl halides is 2. The van der Waals surface area contributed by atoms with Crippen molar-refractivity contribution in [3.05, 3.63) is 90.6 Å². The van der Waals surface area contributed by atoms with Crippen molar-refractivity contribution in [2.45, 2.75) is 18.9 Å². The first kappa shape index (κ1) is 23.6. The molecule has 1 aliphatic rings. The summed E-state index contributed by atoms with van der Waals surface area (Å²) in [7, 11) is 0. The van der Waals surface area contributed by atoms with E-state index >= 15 is 0 Å². The van der Waals surface area contributed by atoms with Crippen molar-refractivity contribution in [1.82, 2.24) is 30.0 Å². The first-order valence-electron chi connectivity index (χ1n) is 12.7. The zero-order chi connectivity index (χ0) is 26.6. The molecule has 0 radical (unpaired) electrons. The molecule has 0 aliphatic carbocycles. The third kappa shape index (κ3) is 4.44. The Kier molecular flexibility index (Phi) is 5.48. The Bertz CT molecular complexity index is 1840. The van der Waals surface area contributed by atoms with Gasteiger partial charge >= 0.3 is 0 Å². The van der Waals surface area contributed by atoms with Crippen LogP contribution in [0.25, 0.3) is 55.6 Å². The van der Waals surface area contributed by atoms with Crippen molar-refractivity contribution >= 4 is 21.9 Å². The van der Waals surface area contributed by atoms with Gasteiger partial charge in [0.15, 0.2) is 0 Å². The lowest BCUT2D eigenvalue weighted by Gasteiger charge is -2.15. The van der Waals surface area contributed by atoms with Crippen LogP contribution >= 0.6 is 0 Å². The number of H-pyrrole nitrogens is 2. The van der Waals surface area contributed by atoms with E-state index in [-0.39, 0.29) is 18.8 Å². The SMILES string of the molecule is Fc1cccc(-c2ccnc3[nH]c(-c4n[nH]c5ccc(-c6cncc(CN7CCC(F)(F)C7)c6)cc45)cc23)c1. The molecule has 5 heterocycles. The van der Waals surface area contributed by atoms with Crippen molar-refractivity contribution in [3.8, 4) is 33.6 Å². The number of benzene rings is 2. The Morgan fingerprint density at radius 2 is 1.85 bits per heavy atom. The van der Waals surface area contributed by atoms with E-state index < -0.39 is 5.92 Å². The highest BCUT2D eigenvalue weighted by molar-refractivity contribution is 6.00. The number of halogens is 3. The van der Waals surface area contributed by atoms with Gasteiger partial charge in [0, 0.05) is 54.4 Å². The molecular weight excluding hydrogens is 501 g/mol. The van der Waals surface area contributed by atoms with Gasteiger partial charge < -0.3 is 4.98 Å². The van der Waals surface area contributed by atoms with Gasteiger partial charge in [0.1, 0.15) is 17.2 Å². The summed E-state index contributed by atoms with van der Waals surface area (Å²) in [5.41, 5.74) is 7.46. The van der Waals surface area contributed by atoms with E-state index in [2.05, 4.69) is 25.1 Å². The molecule has 6 nitrogen and oxygen atoms in total. The van der Waals surface area contributed by atoms with E-state index in [0.717, 1.165) is 55.5 Å². The van der Waals surface area contributed by atoms with Crippen molar-refractivity contribution in [3.63, 3.8) is 0 Å². The van der Waals surface area contributed by atoms with Crippen LogP contribution in [0.15, 0.2) is 79.3 Å². The molecule has 1 saturated heterocycles. The lowest BCUT2D eigenvalue weighted by atomic mass is 10.0. The first-order chi connectivity index (χ1) is 18.9. The summed E-state index contributed by atoms with van der Waals surface area (Å²) in [6, 6.07) is 18.4. The Morgan fingerprint density at radius 3 is 2.69 bits per heavy atom. The van der Waals surface area contributed by atoms with Gasteiger partial charge in [-0.1, -0.05) is 18.2 Å². The average Bonchev–Trinajstić information content (AvgIpc) is 3.64. The second kappa shape index (κ2) is 9.06. The molecule has 1 aliphatic heterocycles. The Balaban J connectivity index is 1.25. The molecular formula is C30H23F3N6. The van der Waals surface area contributed by atoms with Gasteiger partial charge in [-0.15, -0.1) is 0 Å². The number of pyridine rings is 2. The summed E-state index contributed by atoms with van der Waals surface area (Å²) >= 11 is 0. The van der Waals surface area contributed by atoms with E-state index in [1.807, 2.05) is 42.5 Å². The van der Waals surface area contributed by atoms with E-state index in [9.17, 15) is 13.2 Å². The molecule has 6 aromatic rings. The highest BCUT2D eigenvalue weighted by Gasteiger charge is 2.37. The van der Waals surface area contributed by atoms with Crippen LogP contribution in [0.2, 0.25) is 0 Å². The number of nitrogens with zero attached hydrogens (tertiary/aromatic N) is 4. The maximum Gasteiger partial charge on any atom is 0.261 e. The summed E-state index contributed by atoms with van der Waals surface area (Å²) in [6.45, 7) is 0.592. The smallest absolute Gasteiger partial charge is 0.261 e. The molecule has 9 heteroatoms. The van der Waals surface area contributed by atoms with Crippen molar-refractivity contribution in [2.75, 3.05) is 13.1 Å². The number of likely N-dealkylation sites (tertiary alicyclic amines) is 1. The Labute approximate surface area is 221 Å². The van der Waals surface area contributed by atoms with Gasteiger partial charge in [0.2, 0.25) is 0 Å². The van der Waals surface area contributed by atoms with Crippen LogP contribution in [-0.4, -0.2) is 49.1 Å². The molecule has 39 heavy (non-hydrogen) atoms. The fraction of sp³-hybridized carbons (Fsp3) is 0.167. The van der Waals surface area contributed by atoms with Crippen molar-refractivity contribution in [2.24, 2.45) is 0 Å². The third-order valence-electron chi connectivity index (χ3n) is 7.27. The Hall–Kier alpha value is -4.50. The highest BCUT2D eigenvalue weighted by Crippen LogP contribution is 2.35. The number of aromatic nitrogens is 5. The van der Waals surface area contributed by atoms with Crippen LogP contribution in [0.5, 0.6) is 0 Å². The second-order valence-electron chi connectivity index (χ2n) is 10.0. The number of rotatable bonds is 5. The summed E-state index contributed by atoms with van der Waals surface area (Å²) in [6.07, 6.45) is 5.11. The molecule has 0 unspecified atom stereocenters. The molecule has 0 atom stereocenters. The fourth-order valence-corrected chi connectivity index (χ4v) is 5.39. The topological polar surface area (TPSA) is 73.5 Å². The van der Waals surface area contributed by atoms with Crippen LogP contribution in [-0.2, 0) is 6.54 Å². The van der Waals surface area contributed by atoms with Gasteiger partial charge in [-0.3, -0.25) is 15.0 Å². The number of nitrogens with one attached hydrogen (secondary N) is 2. The monoisotopic (exact) mass is 524 g/mol. The lowest BCUT2D eigenvalue weighted by molar-refractivity contribution is 0.0115. The zero-order valence-corrected chi connectivity index (χ0v) is 20.8. The van der Waals surface area contributed by atoms with Crippen molar-refractivity contribution < 1.29 is 13.2 Å². The Morgan fingerprint density at radius 1 is 0.923 bits per heavy atom. The number of hydrogen-bond acceptors (Lipinski definition) is 4. The molecule has 0 amide bonds. The first-order valence-corrected chi connectivity index (χ1v) is 12.7. The van der Waals surface area contributed by atoms with Gasteiger partial charge in [-0.25, -0.2) is 18.2 Å². The summed E-state index contributed by atoms with van der Waals surface area (Å²) in [5, 5.41) is 9.45. The molecule has 2 N–H and O–H groups in total. The van der Waals surface area contributed by atoms with Crippen LogP contribution < -0.4 is 0 Å². The molecule has 1 fully saturated rings. The molecule has 4 aromatic heterocycles. The van der Waals surface area contributed by atoms with Crippen LogP contribution in [0, 0.1) is 5.82 Å². The number of hydrogen-bond donors (Lipinski definition) is 2. The van der Waals surface area contributed by atoms with Gasteiger partial charge in [0.25, 0.3) is 5.92 Å². The standard InChI is InChI=1S/C30H23F3N6/c31-22-3-1-2-20(11-22)23-6-8-35-29-24(23)13-27(36-29)28-25-12-19(4-5-26(25)37-38-28)21-10-18(14-34-15-21)16-39-9-7-30(32,33)17-39/h1-6,8,10-15H,7,9,16-17H2,(H,35,36)(H,37,38). The summed E-state index contributed by atoms with van der Waals surface area (Å²) in [5.74, 6) is -2.92. The van der Waals surface area contributed by atoms with Crippen LogP contribution in [0.1, 0.15) is 12.0 Å². The molecule has 0 spiro atoms. The van der Waals surface area contributed by atoms with E-state index in [0.29, 0.717) is 18.7 Å². The highest BCUT2D eigenvalue weighted by atomic mass is 19.3. The molecule has 0 bridgehead atoms. The number of aromatic amines is 2. The van der Waals surface area contributed by atoms with Crippen LogP contribution in [0.4, 0.5) is 13.2 Å². The van der Waals surface area contributed by atoms with Gasteiger partial charge in [-0.2, -0.15) is 5.10 Å². The maximum atomic E-state index is 13.9. The van der Waals surface area contributed by atoms with Gasteiger partial charge in [-0.05, 0) is 64.7 Å². The maximum absolute atomic E-state index is 13.9. The molecule has 194 valence electrons. The van der Waals surface area contributed by atoms with E-state index in [4.69, 9.17) is 0 Å². The predicted molar refractivity (Wildman–Crippen MR) is 145 cm³/mol. The largest absolute Gasteiger partial charge is 0.338 e. The minimum absolute atomic E-state index is 0.104. The van der Waals surface area contributed by atoms with Crippen molar-refractivity contribution in [1.29, 1.82) is 0 Å². The quantitative estimate of drug-likeness (QED) is 0.260. The summed E-state index contributed by atoms with van der Waals surface area (Å²) in [4.78, 5) is 14.0. The van der Waals surface area contributed by atoms with E-state index in [1.54, 1.807) is 29.6 Å². The van der Waals surface area contributed by atoms with E-state index in [1.165, 1.54) is 12.1 Å². The minimum atomic E-state index is -2.62. The normalized spacial score (nSPS) is 15.5. The van der Waals surface area contributed by atoms with Crippen LogP contribution in [0.3, 0.4) is 0 Å². The lowest BCUT2D eigenvalue weighted by Crippen LogP contribution is -2.24. The minimum Gasteiger partial charge on any atom is -0.338 e. The third-order valence-corrected chi connectivity index (χ3v) is 7.27. The molecule has 7 rings (SSSR count). The zero-order valence-electron chi connectivity index (χ0n) is 20.8. The fourth-order valence-electron chi connectivity index (χ4n) is 5.39. The molecule has 2 aromatic carbocycles. The average molecular weight is 525 g/mol. The van der Waals surface area contributed by atoms with Gasteiger partial charge in [0.05, 0.1) is 17.8 Å². The predicted octanol–water partition coefficient (Wildman–Crippen LogP) is 6.82.